The second kappa shape index (κ2) is 4.39. The summed E-state index contributed by atoms with van der Waals surface area (Å²) >= 11 is 0. The number of piperidine rings is 1. The van der Waals surface area contributed by atoms with Gasteiger partial charge in [-0.2, -0.15) is 0 Å². The van der Waals surface area contributed by atoms with Crippen LogP contribution >= 0.6 is 0 Å². The topological polar surface area (TPSA) is 57.6 Å². The molecule has 0 aromatic carbocycles. The van der Waals surface area contributed by atoms with E-state index in [0.29, 0.717) is 12.8 Å². The molecule has 0 aromatic heterocycles. The Morgan fingerprint density at radius 1 is 1.10 bits per heavy atom. The van der Waals surface area contributed by atoms with Crippen LogP contribution in [-0.4, -0.2) is 47.3 Å². The minimum Gasteiger partial charge on any atom is -0.392 e. The van der Waals surface area contributed by atoms with Crippen LogP contribution in [0.3, 0.4) is 0 Å². The molecular weight excluding hydrogens is 266 g/mol. The summed E-state index contributed by atoms with van der Waals surface area (Å²) in [5.41, 5.74) is -1.03. The SMILES string of the molecule is C[C@H]1CC(=O)[C@]23CCCN4CCC[C@]2(C4)C(=O)C[C@@H]3[C@H]1O. The number of fused-ring (bicyclic) bond motifs is 1. The van der Waals surface area contributed by atoms with Crippen molar-refractivity contribution in [2.75, 3.05) is 19.6 Å². The predicted molar refractivity (Wildman–Crippen MR) is 77.7 cm³/mol. The average Bonchev–Trinajstić information content (AvgIpc) is 2.61. The molecule has 1 unspecified atom stereocenters. The molecule has 2 aliphatic carbocycles. The fourth-order valence-corrected chi connectivity index (χ4v) is 6.12. The summed E-state index contributed by atoms with van der Waals surface area (Å²) in [7, 11) is 0. The number of rotatable bonds is 0. The molecule has 116 valence electrons. The summed E-state index contributed by atoms with van der Waals surface area (Å²) in [6, 6.07) is 0. The van der Waals surface area contributed by atoms with Gasteiger partial charge in [0.2, 0.25) is 0 Å². The first-order valence-electron chi connectivity index (χ1n) is 8.48. The van der Waals surface area contributed by atoms with E-state index in [9.17, 15) is 14.7 Å². The van der Waals surface area contributed by atoms with Crippen molar-refractivity contribution >= 4 is 11.6 Å². The number of Topliss-reactive ketones (excluding diaryl/α,β-unsaturated/α-hetero) is 2. The van der Waals surface area contributed by atoms with Crippen LogP contribution in [0.25, 0.3) is 0 Å². The summed E-state index contributed by atoms with van der Waals surface area (Å²) in [6.45, 7) is 4.77. The Morgan fingerprint density at radius 3 is 2.57 bits per heavy atom. The van der Waals surface area contributed by atoms with E-state index >= 15 is 0 Å². The van der Waals surface area contributed by atoms with Crippen LogP contribution in [0.1, 0.15) is 45.4 Å². The number of nitrogens with zero attached hydrogens (tertiary/aromatic N) is 1. The van der Waals surface area contributed by atoms with Crippen LogP contribution in [0.2, 0.25) is 0 Å². The van der Waals surface area contributed by atoms with Crippen LogP contribution in [0, 0.1) is 22.7 Å². The molecule has 2 heterocycles. The van der Waals surface area contributed by atoms with Gasteiger partial charge in [0.25, 0.3) is 0 Å². The number of aliphatic hydroxyl groups excluding tert-OH is 1. The second-order valence-electron chi connectivity index (χ2n) is 7.87. The third kappa shape index (κ3) is 1.53. The van der Waals surface area contributed by atoms with Gasteiger partial charge in [0.05, 0.1) is 11.5 Å². The van der Waals surface area contributed by atoms with Crippen molar-refractivity contribution in [3.05, 3.63) is 0 Å². The normalized spacial score (nSPS) is 53.0. The molecule has 0 radical (unpaired) electrons. The van der Waals surface area contributed by atoms with Crippen LogP contribution in [0.5, 0.6) is 0 Å². The smallest absolute Gasteiger partial charge is 0.141 e. The van der Waals surface area contributed by atoms with E-state index in [4.69, 9.17) is 0 Å². The lowest BCUT2D eigenvalue weighted by Gasteiger charge is -2.52. The van der Waals surface area contributed by atoms with Gasteiger partial charge in [-0.1, -0.05) is 6.92 Å². The van der Waals surface area contributed by atoms with Gasteiger partial charge in [0.15, 0.2) is 0 Å². The van der Waals surface area contributed by atoms with Crippen molar-refractivity contribution in [3.8, 4) is 0 Å². The number of ketones is 2. The van der Waals surface area contributed by atoms with Crippen molar-refractivity contribution in [2.45, 2.75) is 51.6 Å². The molecule has 0 amide bonds. The van der Waals surface area contributed by atoms with Crippen LogP contribution in [0.4, 0.5) is 0 Å². The molecule has 2 saturated carbocycles. The maximum Gasteiger partial charge on any atom is 0.141 e. The Hall–Kier alpha value is -0.740. The van der Waals surface area contributed by atoms with E-state index in [1.54, 1.807) is 0 Å². The molecule has 2 bridgehead atoms. The van der Waals surface area contributed by atoms with Gasteiger partial charge in [-0.15, -0.1) is 0 Å². The Morgan fingerprint density at radius 2 is 1.81 bits per heavy atom. The first-order chi connectivity index (χ1) is 10.0. The summed E-state index contributed by atoms with van der Waals surface area (Å²) in [6.07, 6.45) is 4.04. The fraction of sp³-hybridized carbons (Fsp3) is 0.882. The van der Waals surface area contributed by atoms with E-state index in [2.05, 4.69) is 4.90 Å². The lowest BCUT2D eigenvalue weighted by Crippen LogP contribution is -2.60. The molecule has 2 saturated heterocycles. The van der Waals surface area contributed by atoms with Crippen molar-refractivity contribution in [1.82, 2.24) is 4.90 Å². The van der Waals surface area contributed by atoms with Crippen LogP contribution < -0.4 is 0 Å². The molecule has 0 aromatic rings. The molecule has 4 nitrogen and oxygen atoms in total. The molecule has 2 spiro atoms. The predicted octanol–water partition coefficient (Wildman–Crippen LogP) is 1.41. The van der Waals surface area contributed by atoms with E-state index in [-0.39, 0.29) is 23.4 Å². The Kier molecular flexibility index (Phi) is 2.90. The summed E-state index contributed by atoms with van der Waals surface area (Å²) in [5, 5.41) is 10.7. The largest absolute Gasteiger partial charge is 0.392 e. The lowest BCUT2D eigenvalue weighted by molar-refractivity contribution is -0.161. The zero-order valence-electron chi connectivity index (χ0n) is 12.8. The van der Waals surface area contributed by atoms with E-state index in [0.717, 1.165) is 45.3 Å². The molecule has 4 rings (SSSR count). The van der Waals surface area contributed by atoms with Gasteiger partial charge in [0, 0.05) is 30.7 Å². The number of hydrogen-bond acceptors (Lipinski definition) is 4. The summed E-state index contributed by atoms with van der Waals surface area (Å²) in [5.74, 6) is 0.416. The quantitative estimate of drug-likeness (QED) is 0.733. The first kappa shape index (κ1) is 13.9. The van der Waals surface area contributed by atoms with Crippen molar-refractivity contribution in [2.24, 2.45) is 22.7 Å². The van der Waals surface area contributed by atoms with Gasteiger partial charge < -0.3 is 10.0 Å². The van der Waals surface area contributed by atoms with Crippen molar-refractivity contribution in [1.29, 1.82) is 0 Å². The number of hydrogen-bond donors (Lipinski definition) is 1. The van der Waals surface area contributed by atoms with E-state index in [1.165, 1.54) is 0 Å². The monoisotopic (exact) mass is 291 g/mol. The highest BCUT2D eigenvalue weighted by Crippen LogP contribution is 2.65. The highest BCUT2D eigenvalue weighted by molar-refractivity contribution is 6.00. The van der Waals surface area contributed by atoms with Gasteiger partial charge in [0.1, 0.15) is 11.6 Å². The van der Waals surface area contributed by atoms with Crippen LogP contribution in [-0.2, 0) is 9.59 Å². The molecular formula is C17H25NO3. The molecule has 4 heteroatoms. The molecule has 21 heavy (non-hydrogen) atoms. The molecule has 4 fully saturated rings. The van der Waals surface area contributed by atoms with Crippen LogP contribution in [0.15, 0.2) is 0 Å². The van der Waals surface area contributed by atoms with Gasteiger partial charge in [-0.25, -0.2) is 0 Å². The number of carbonyl (C=O) groups excluding carboxylic acids is 2. The molecule has 4 aliphatic rings. The Bertz CT molecular complexity index is 504. The van der Waals surface area contributed by atoms with Gasteiger partial charge in [-0.05, 0) is 44.7 Å². The van der Waals surface area contributed by atoms with E-state index in [1.807, 2.05) is 6.92 Å². The highest BCUT2D eigenvalue weighted by Gasteiger charge is 2.71. The molecule has 2 aliphatic heterocycles. The minimum atomic E-state index is -0.550. The van der Waals surface area contributed by atoms with Crippen molar-refractivity contribution in [3.63, 3.8) is 0 Å². The van der Waals surface area contributed by atoms with Gasteiger partial charge >= 0.3 is 0 Å². The first-order valence-corrected chi connectivity index (χ1v) is 8.48. The molecule has 1 N–H and O–H groups in total. The lowest BCUT2D eigenvalue weighted by atomic mass is 9.51. The second-order valence-corrected chi connectivity index (χ2v) is 7.87. The maximum absolute atomic E-state index is 13.1. The highest BCUT2D eigenvalue weighted by atomic mass is 16.3. The standard InChI is InChI=1S/C17H25NO3/c1-11-8-14(20)17-5-3-7-18-6-2-4-16(17,10-18)13(19)9-12(17)15(11)21/h11-12,15,21H,2-10H2,1H3/t11-,12+,15-,16-,17+/m0/s1. The Balaban J connectivity index is 1.88. The van der Waals surface area contributed by atoms with Crippen molar-refractivity contribution < 1.29 is 14.7 Å². The third-order valence-corrected chi connectivity index (χ3v) is 7.04. The van der Waals surface area contributed by atoms with Gasteiger partial charge in [-0.3, -0.25) is 9.59 Å². The Labute approximate surface area is 125 Å². The average molecular weight is 291 g/mol. The summed E-state index contributed by atoms with van der Waals surface area (Å²) < 4.78 is 0. The number of aliphatic hydroxyl groups is 1. The maximum atomic E-state index is 13.1. The zero-order chi connectivity index (χ0) is 14.8. The fourth-order valence-electron chi connectivity index (χ4n) is 6.12. The van der Waals surface area contributed by atoms with E-state index < -0.39 is 16.9 Å². The third-order valence-electron chi connectivity index (χ3n) is 7.04. The zero-order valence-corrected chi connectivity index (χ0v) is 12.8. The minimum absolute atomic E-state index is 0.000906. The number of carbonyl (C=O) groups is 2. The molecule has 6 atom stereocenters. The summed E-state index contributed by atoms with van der Waals surface area (Å²) in [4.78, 5) is 28.4.